The second kappa shape index (κ2) is 3.02. The molecular weight excluding hydrogens is 136 g/mol. The first-order chi connectivity index (χ1) is 4.30. The SMILES string of the molecule is O=C(Cl)[C@H]1CC=CCC1. The number of carbonyl (C=O) groups is 1. The van der Waals surface area contributed by atoms with E-state index < -0.39 is 0 Å². The van der Waals surface area contributed by atoms with Crippen LogP contribution < -0.4 is 0 Å². The van der Waals surface area contributed by atoms with E-state index in [1.807, 2.05) is 6.08 Å². The molecule has 1 atom stereocenters. The summed E-state index contributed by atoms with van der Waals surface area (Å²) in [5.41, 5.74) is 0. The predicted octanol–water partition coefficient (Wildman–Crippen LogP) is 2.11. The fraction of sp³-hybridized carbons (Fsp3) is 0.571. The van der Waals surface area contributed by atoms with Gasteiger partial charge in [0.2, 0.25) is 5.24 Å². The zero-order chi connectivity index (χ0) is 6.69. The lowest BCUT2D eigenvalue weighted by molar-refractivity contribution is -0.115. The Bertz CT molecular complexity index is 140. The van der Waals surface area contributed by atoms with Crippen LogP contribution in [0.5, 0.6) is 0 Å². The van der Waals surface area contributed by atoms with Crippen LogP contribution in [-0.4, -0.2) is 5.24 Å². The van der Waals surface area contributed by atoms with Gasteiger partial charge < -0.3 is 0 Å². The van der Waals surface area contributed by atoms with Crippen molar-refractivity contribution in [2.75, 3.05) is 0 Å². The number of hydrogen-bond donors (Lipinski definition) is 0. The lowest BCUT2D eigenvalue weighted by Crippen LogP contribution is -2.09. The first kappa shape index (κ1) is 6.81. The highest BCUT2D eigenvalue weighted by atomic mass is 35.5. The minimum Gasteiger partial charge on any atom is -0.281 e. The molecule has 0 bridgehead atoms. The Kier molecular flexibility index (Phi) is 2.29. The van der Waals surface area contributed by atoms with Gasteiger partial charge in [0.1, 0.15) is 0 Å². The molecule has 50 valence electrons. The van der Waals surface area contributed by atoms with Gasteiger partial charge in [-0.2, -0.15) is 0 Å². The predicted molar refractivity (Wildman–Crippen MR) is 37.3 cm³/mol. The molecule has 0 saturated carbocycles. The molecular formula is C7H9ClO. The summed E-state index contributed by atoms with van der Waals surface area (Å²) in [6, 6.07) is 0. The van der Waals surface area contributed by atoms with Gasteiger partial charge in [-0.3, -0.25) is 4.79 Å². The molecule has 0 aliphatic heterocycles. The zero-order valence-corrected chi connectivity index (χ0v) is 5.90. The molecule has 0 fully saturated rings. The Morgan fingerprint density at radius 2 is 2.33 bits per heavy atom. The Labute approximate surface area is 59.7 Å². The first-order valence-electron chi connectivity index (χ1n) is 3.15. The molecule has 1 rings (SSSR count). The average molecular weight is 145 g/mol. The van der Waals surface area contributed by atoms with Gasteiger partial charge in [-0.15, -0.1) is 0 Å². The molecule has 1 aliphatic rings. The minimum absolute atomic E-state index is 0.0941. The quantitative estimate of drug-likeness (QED) is 0.407. The van der Waals surface area contributed by atoms with Gasteiger partial charge in [-0.05, 0) is 30.9 Å². The average Bonchev–Trinajstić information content (AvgIpc) is 1.90. The van der Waals surface area contributed by atoms with Crippen molar-refractivity contribution in [3.8, 4) is 0 Å². The first-order valence-corrected chi connectivity index (χ1v) is 3.53. The molecule has 0 saturated heterocycles. The summed E-state index contributed by atoms with van der Waals surface area (Å²) in [5, 5.41) is -0.181. The van der Waals surface area contributed by atoms with E-state index in [1.54, 1.807) is 0 Å². The van der Waals surface area contributed by atoms with Crippen LogP contribution in [-0.2, 0) is 4.79 Å². The van der Waals surface area contributed by atoms with E-state index in [0.29, 0.717) is 0 Å². The Balaban J connectivity index is 2.44. The van der Waals surface area contributed by atoms with Crippen LogP contribution in [0.4, 0.5) is 0 Å². The summed E-state index contributed by atoms with van der Waals surface area (Å²) < 4.78 is 0. The molecule has 9 heavy (non-hydrogen) atoms. The molecule has 0 amide bonds. The topological polar surface area (TPSA) is 17.1 Å². The van der Waals surface area contributed by atoms with E-state index in [9.17, 15) is 4.79 Å². The van der Waals surface area contributed by atoms with Gasteiger partial charge in [0, 0.05) is 5.92 Å². The van der Waals surface area contributed by atoms with Crippen LogP contribution in [0.15, 0.2) is 12.2 Å². The van der Waals surface area contributed by atoms with Crippen molar-refractivity contribution in [3.05, 3.63) is 12.2 Å². The zero-order valence-electron chi connectivity index (χ0n) is 5.14. The minimum atomic E-state index is -0.181. The number of rotatable bonds is 1. The molecule has 0 spiro atoms. The van der Waals surface area contributed by atoms with Crippen LogP contribution in [0.2, 0.25) is 0 Å². The highest BCUT2D eigenvalue weighted by Gasteiger charge is 2.15. The van der Waals surface area contributed by atoms with Crippen molar-refractivity contribution in [2.24, 2.45) is 5.92 Å². The van der Waals surface area contributed by atoms with Crippen molar-refractivity contribution < 1.29 is 4.79 Å². The summed E-state index contributed by atoms with van der Waals surface area (Å²) in [6.45, 7) is 0. The second-order valence-electron chi connectivity index (χ2n) is 2.29. The van der Waals surface area contributed by atoms with Gasteiger partial charge in [0.15, 0.2) is 0 Å². The van der Waals surface area contributed by atoms with Crippen LogP contribution in [0, 0.1) is 5.92 Å². The van der Waals surface area contributed by atoms with Crippen LogP contribution in [0.1, 0.15) is 19.3 Å². The summed E-state index contributed by atoms with van der Waals surface area (Å²) in [7, 11) is 0. The summed E-state index contributed by atoms with van der Waals surface area (Å²) in [4.78, 5) is 10.5. The Morgan fingerprint density at radius 1 is 1.56 bits per heavy atom. The van der Waals surface area contributed by atoms with E-state index in [2.05, 4.69) is 6.08 Å². The van der Waals surface area contributed by atoms with Crippen LogP contribution in [0.3, 0.4) is 0 Å². The summed E-state index contributed by atoms with van der Waals surface area (Å²) in [5.74, 6) is 0.0941. The van der Waals surface area contributed by atoms with Crippen molar-refractivity contribution >= 4 is 16.8 Å². The number of hydrogen-bond acceptors (Lipinski definition) is 1. The number of carbonyl (C=O) groups excluding carboxylic acids is 1. The fourth-order valence-corrected chi connectivity index (χ4v) is 1.20. The van der Waals surface area contributed by atoms with Crippen molar-refractivity contribution in [1.29, 1.82) is 0 Å². The van der Waals surface area contributed by atoms with Crippen molar-refractivity contribution in [3.63, 3.8) is 0 Å². The van der Waals surface area contributed by atoms with E-state index in [4.69, 9.17) is 11.6 Å². The number of allylic oxidation sites excluding steroid dienone is 2. The maximum atomic E-state index is 10.5. The fourth-order valence-electron chi connectivity index (χ4n) is 1.000. The summed E-state index contributed by atoms with van der Waals surface area (Å²) >= 11 is 5.28. The van der Waals surface area contributed by atoms with E-state index in [0.717, 1.165) is 19.3 Å². The maximum Gasteiger partial charge on any atom is 0.225 e. The molecule has 2 heteroatoms. The highest BCUT2D eigenvalue weighted by Crippen LogP contribution is 2.19. The Morgan fingerprint density at radius 3 is 2.67 bits per heavy atom. The smallest absolute Gasteiger partial charge is 0.225 e. The molecule has 1 nitrogen and oxygen atoms in total. The van der Waals surface area contributed by atoms with Gasteiger partial charge >= 0.3 is 0 Å². The van der Waals surface area contributed by atoms with Crippen molar-refractivity contribution in [1.82, 2.24) is 0 Å². The molecule has 1 aliphatic carbocycles. The van der Waals surface area contributed by atoms with Gasteiger partial charge in [0.05, 0.1) is 0 Å². The molecule has 0 unspecified atom stereocenters. The van der Waals surface area contributed by atoms with Crippen LogP contribution in [0.25, 0.3) is 0 Å². The van der Waals surface area contributed by atoms with E-state index >= 15 is 0 Å². The molecule has 0 radical (unpaired) electrons. The summed E-state index contributed by atoms with van der Waals surface area (Å²) in [6.07, 6.45) is 6.88. The lowest BCUT2D eigenvalue weighted by atomic mass is 9.96. The largest absolute Gasteiger partial charge is 0.281 e. The van der Waals surface area contributed by atoms with E-state index in [1.165, 1.54) is 0 Å². The standard InChI is InChI=1S/C7H9ClO/c8-7(9)6-4-2-1-3-5-6/h1-2,6H,3-5H2/t6-/m0/s1. The van der Waals surface area contributed by atoms with Gasteiger partial charge in [-0.25, -0.2) is 0 Å². The third kappa shape index (κ3) is 1.83. The maximum absolute atomic E-state index is 10.5. The second-order valence-corrected chi connectivity index (χ2v) is 2.66. The molecule has 0 aromatic rings. The third-order valence-corrected chi connectivity index (χ3v) is 1.90. The van der Waals surface area contributed by atoms with Gasteiger partial charge in [0.25, 0.3) is 0 Å². The van der Waals surface area contributed by atoms with Gasteiger partial charge in [-0.1, -0.05) is 12.2 Å². The normalized spacial score (nSPS) is 26.1. The van der Waals surface area contributed by atoms with Crippen LogP contribution >= 0.6 is 11.6 Å². The monoisotopic (exact) mass is 144 g/mol. The lowest BCUT2D eigenvalue weighted by Gasteiger charge is -2.11. The molecule has 0 heterocycles. The third-order valence-electron chi connectivity index (χ3n) is 1.59. The Hall–Kier alpha value is -0.300. The molecule has 0 N–H and O–H groups in total. The van der Waals surface area contributed by atoms with E-state index in [-0.39, 0.29) is 11.2 Å². The molecule has 0 aromatic carbocycles. The number of halogens is 1. The van der Waals surface area contributed by atoms with Crippen molar-refractivity contribution in [2.45, 2.75) is 19.3 Å². The highest BCUT2D eigenvalue weighted by molar-refractivity contribution is 6.64. The molecule has 0 aromatic heterocycles.